The average Bonchev–Trinajstić information content (AvgIpc) is 3.44. The van der Waals surface area contributed by atoms with Crippen LogP contribution in [-0.4, -0.2) is 22.6 Å². The van der Waals surface area contributed by atoms with Crippen LogP contribution in [0.15, 0.2) is 36.4 Å². The van der Waals surface area contributed by atoms with Crippen LogP contribution < -0.4 is 4.74 Å². The molecule has 0 saturated heterocycles. The Labute approximate surface area is 157 Å². The van der Waals surface area contributed by atoms with Crippen molar-refractivity contribution in [1.29, 1.82) is 0 Å². The van der Waals surface area contributed by atoms with Gasteiger partial charge in [-0.25, -0.2) is 0 Å². The second kappa shape index (κ2) is 6.65. The molecular weight excluding hydrogens is 344 g/mol. The summed E-state index contributed by atoms with van der Waals surface area (Å²) in [5.74, 6) is -1.17. The topological polar surface area (TPSA) is 80.7 Å². The smallest absolute Gasteiger partial charge is 0.314 e. The maximum atomic E-state index is 13.0. The van der Waals surface area contributed by atoms with Gasteiger partial charge >= 0.3 is 5.97 Å². The lowest BCUT2D eigenvalue weighted by Gasteiger charge is -2.20. The van der Waals surface area contributed by atoms with Gasteiger partial charge in [-0.2, -0.15) is 0 Å². The molecule has 2 aromatic rings. The summed E-state index contributed by atoms with van der Waals surface area (Å²) in [7, 11) is 0. The summed E-state index contributed by atoms with van der Waals surface area (Å²) in [6.07, 6.45) is 3.98. The van der Waals surface area contributed by atoms with Gasteiger partial charge in [0.05, 0.1) is 17.0 Å². The Bertz CT molecular complexity index is 959. The number of esters is 1. The van der Waals surface area contributed by atoms with Gasteiger partial charge in [0.2, 0.25) is 5.78 Å². The lowest BCUT2D eigenvalue weighted by atomic mass is 9.83. The van der Waals surface area contributed by atoms with Crippen molar-refractivity contribution in [3.8, 4) is 11.5 Å². The summed E-state index contributed by atoms with van der Waals surface area (Å²) in [5, 5.41) is 10.1. The molecule has 2 atom stereocenters. The number of fused-ring (bicyclic) bond motifs is 2. The van der Waals surface area contributed by atoms with E-state index in [2.05, 4.69) is 6.92 Å². The zero-order valence-electron chi connectivity index (χ0n) is 15.0. The van der Waals surface area contributed by atoms with Crippen LogP contribution in [0.25, 0.3) is 0 Å². The second-order valence-electron chi connectivity index (χ2n) is 7.20. The number of phenolic OH excluding ortho intramolecular Hbond substituents is 1. The zero-order chi connectivity index (χ0) is 19.1. The highest BCUT2D eigenvalue weighted by Crippen LogP contribution is 2.44. The van der Waals surface area contributed by atoms with E-state index < -0.39 is 5.78 Å². The molecule has 0 radical (unpaired) electrons. The summed E-state index contributed by atoms with van der Waals surface area (Å²) in [4.78, 5) is 38.2. The Balaban J connectivity index is 1.64. The monoisotopic (exact) mass is 364 g/mol. The molecule has 0 aromatic heterocycles. The van der Waals surface area contributed by atoms with Crippen LogP contribution >= 0.6 is 0 Å². The highest BCUT2D eigenvalue weighted by molar-refractivity contribution is 6.30. The van der Waals surface area contributed by atoms with E-state index in [9.17, 15) is 19.5 Å². The molecule has 0 heterocycles. The number of aromatic hydroxyl groups is 1. The molecule has 1 N–H and O–H groups in total. The Morgan fingerprint density at radius 3 is 2.52 bits per heavy atom. The third-order valence-electron chi connectivity index (χ3n) is 5.38. The van der Waals surface area contributed by atoms with Crippen LogP contribution in [-0.2, 0) is 4.79 Å². The van der Waals surface area contributed by atoms with E-state index >= 15 is 0 Å². The van der Waals surface area contributed by atoms with Crippen LogP contribution in [0.4, 0.5) is 0 Å². The molecular formula is C22H20O5. The highest BCUT2D eigenvalue weighted by atomic mass is 16.5. The SMILES string of the molecule is CCCCC1CC1C(=O)Oc1cccc2c1C(=O)c1c(O)cccc1C2=O. The molecule has 0 spiro atoms. The van der Waals surface area contributed by atoms with Gasteiger partial charge in [0.1, 0.15) is 11.5 Å². The van der Waals surface area contributed by atoms with Crippen molar-refractivity contribution in [2.45, 2.75) is 32.6 Å². The van der Waals surface area contributed by atoms with Crippen molar-refractivity contribution < 1.29 is 24.2 Å². The van der Waals surface area contributed by atoms with E-state index in [0.29, 0.717) is 5.92 Å². The molecule has 4 rings (SSSR count). The second-order valence-corrected chi connectivity index (χ2v) is 7.20. The third-order valence-corrected chi connectivity index (χ3v) is 5.38. The first kappa shape index (κ1) is 17.5. The molecule has 2 aromatic carbocycles. The predicted molar refractivity (Wildman–Crippen MR) is 98.2 cm³/mol. The van der Waals surface area contributed by atoms with E-state index in [-0.39, 0.29) is 51.4 Å². The van der Waals surface area contributed by atoms with Gasteiger partial charge in [-0.15, -0.1) is 0 Å². The van der Waals surface area contributed by atoms with Gasteiger partial charge in [0.15, 0.2) is 5.78 Å². The lowest BCUT2D eigenvalue weighted by molar-refractivity contribution is -0.136. The van der Waals surface area contributed by atoms with Crippen molar-refractivity contribution in [1.82, 2.24) is 0 Å². The normalized spacial score (nSPS) is 20.0. The van der Waals surface area contributed by atoms with E-state index in [1.165, 1.54) is 24.3 Å². The van der Waals surface area contributed by atoms with Crippen LogP contribution in [0.2, 0.25) is 0 Å². The molecule has 27 heavy (non-hydrogen) atoms. The Morgan fingerprint density at radius 2 is 1.78 bits per heavy atom. The van der Waals surface area contributed by atoms with Crippen molar-refractivity contribution in [2.75, 3.05) is 0 Å². The number of ether oxygens (including phenoxy) is 1. The highest BCUT2D eigenvalue weighted by Gasteiger charge is 2.44. The number of carbonyl (C=O) groups excluding carboxylic acids is 3. The minimum absolute atomic E-state index is 0.0363. The number of hydrogen-bond donors (Lipinski definition) is 1. The van der Waals surface area contributed by atoms with Crippen molar-refractivity contribution in [2.24, 2.45) is 11.8 Å². The number of unbranched alkanes of at least 4 members (excludes halogenated alkanes) is 1. The Morgan fingerprint density at radius 1 is 1.07 bits per heavy atom. The Hall–Kier alpha value is -2.95. The first-order valence-corrected chi connectivity index (χ1v) is 9.29. The molecule has 0 bridgehead atoms. The van der Waals surface area contributed by atoms with Crippen LogP contribution in [0.3, 0.4) is 0 Å². The molecule has 138 valence electrons. The zero-order valence-corrected chi connectivity index (χ0v) is 15.0. The molecule has 0 aliphatic heterocycles. The molecule has 5 heteroatoms. The molecule has 2 aliphatic carbocycles. The quantitative estimate of drug-likeness (QED) is 0.548. The summed E-state index contributed by atoms with van der Waals surface area (Å²) in [6.45, 7) is 2.11. The number of phenols is 1. The number of rotatable bonds is 5. The van der Waals surface area contributed by atoms with E-state index in [1.807, 2.05) is 0 Å². The first-order valence-electron chi connectivity index (χ1n) is 9.29. The van der Waals surface area contributed by atoms with Crippen LogP contribution in [0.1, 0.15) is 64.4 Å². The Kier molecular flexibility index (Phi) is 4.30. The van der Waals surface area contributed by atoms with Gasteiger partial charge in [-0.1, -0.05) is 44.0 Å². The maximum Gasteiger partial charge on any atom is 0.314 e. The van der Waals surface area contributed by atoms with Gasteiger partial charge in [0, 0.05) is 11.1 Å². The standard InChI is InChI=1S/C22H20O5/c1-2-3-6-12-11-15(12)22(26)27-17-10-5-8-14-19(17)21(25)18-13(20(14)24)7-4-9-16(18)23/h4-5,7-10,12,15,23H,2-3,6,11H2,1H3. The average molecular weight is 364 g/mol. The van der Waals surface area contributed by atoms with Gasteiger partial charge in [-0.3, -0.25) is 14.4 Å². The predicted octanol–water partition coefficient (Wildman–Crippen LogP) is 3.90. The van der Waals surface area contributed by atoms with Crippen LogP contribution in [0, 0.1) is 11.8 Å². The van der Waals surface area contributed by atoms with E-state index in [4.69, 9.17) is 4.74 Å². The van der Waals surface area contributed by atoms with Gasteiger partial charge < -0.3 is 9.84 Å². The molecule has 2 aliphatic rings. The lowest BCUT2D eigenvalue weighted by Crippen LogP contribution is -2.23. The summed E-state index contributed by atoms with van der Waals surface area (Å²) in [6, 6.07) is 9.07. The molecule has 0 amide bonds. The number of ketones is 2. The number of benzene rings is 2. The van der Waals surface area contributed by atoms with Gasteiger partial charge in [-0.05, 0) is 30.9 Å². The minimum Gasteiger partial charge on any atom is -0.507 e. The van der Waals surface area contributed by atoms with Crippen LogP contribution in [0.5, 0.6) is 11.5 Å². The summed E-state index contributed by atoms with van der Waals surface area (Å²) < 4.78 is 5.53. The summed E-state index contributed by atoms with van der Waals surface area (Å²) >= 11 is 0. The van der Waals surface area contributed by atoms with Crippen molar-refractivity contribution in [3.05, 3.63) is 58.7 Å². The molecule has 5 nitrogen and oxygen atoms in total. The third kappa shape index (κ3) is 2.93. The largest absolute Gasteiger partial charge is 0.507 e. The fourth-order valence-electron chi connectivity index (χ4n) is 3.78. The number of carbonyl (C=O) groups is 3. The fraction of sp³-hybridized carbons (Fsp3) is 0.318. The van der Waals surface area contributed by atoms with Crippen molar-refractivity contribution >= 4 is 17.5 Å². The van der Waals surface area contributed by atoms with E-state index in [0.717, 1.165) is 25.7 Å². The summed E-state index contributed by atoms with van der Waals surface area (Å²) in [5.41, 5.74) is 0.376. The van der Waals surface area contributed by atoms with Crippen molar-refractivity contribution in [3.63, 3.8) is 0 Å². The minimum atomic E-state index is -0.501. The first-order chi connectivity index (χ1) is 13.0. The van der Waals surface area contributed by atoms with E-state index in [1.54, 1.807) is 12.1 Å². The van der Waals surface area contributed by atoms with Gasteiger partial charge in [0.25, 0.3) is 0 Å². The molecule has 1 saturated carbocycles. The number of hydrogen-bond acceptors (Lipinski definition) is 5. The fourth-order valence-corrected chi connectivity index (χ4v) is 3.78. The molecule has 2 unspecified atom stereocenters. The maximum absolute atomic E-state index is 13.0. The molecule has 1 fully saturated rings.